The van der Waals surface area contributed by atoms with Crippen LogP contribution in [0.15, 0.2) is 36.5 Å². The first-order valence-corrected chi connectivity index (χ1v) is 6.89. The fourth-order valence-electron chi connectivity index (χ4n) is 2.03. The molecule has 2 aromatic rings. The first kappa shape index (κ1) is 15.0. The van der Waals surface area contributed by atoms with E-state index in [4.69, 9.17) is 9.84 Å². The maximum absolute atomic E-state index is 10.8. The maximum Gasteiger partial charge on any atom is 0.337 e. The van der Waals surface area contributed by atoms with E-state index in [1.165, 1.54) is 12.3 Å². The number of aromatic nitrogens is 1. The molecule has 0 aliphatic heterocycles. The normalized spacial score (nSPS) is 10.7. The van der Waals surface area contributed by atoms with Crippen molar-refractivity contribution in [1.82, 2.24) is 4.98 Å². The Bertz CT molecular complexity index is 633. The number of carbonyl (C=O) groups is 1. The number of aryl methyl sites for hydroxylation is 1. The molecule has 0 saturated heterocycles. The molecule has 0 amide bonds. The molecule has 0 atom stereocenters. The molecule has 0 saturated carbocycles. The Balaban J connectivity index is 2.12. The van der Waals surface area contributed by atoms with Gasteiger partial charge in [-0.05, 0) is 42.2 Å². The first-order chi connectivity index (χ1) is 9.97. The van der Waals surface area contributed by atoms with Gasteiger partial charge in [-0.3, -0.25) is 4.98 Å². The third kappa shape index (κ3) is 3.81. The van der Waals surface area contributed by atoms with Gasteiger partial charge in [0.1, 0.15) is 12.4 Å². The average Bonchev–Trinajstić information content (AvgIpc) is 2.45. The monoisotopic (exact) mass is 285 g/mol. The highest BCUT2D eigenvalue weighted by Crippen LogP contribution is 2.28. The fourth-order valence-corrected chi connectivity index (χ4v) is 2.03. The molecule has 1 heterocycles. The van der Waals surface area contributed by atoms with Crippen molar-refractivity contribution in [3.05, 3.63) is 58.9 Å². The third-order valence-corrected chi connectivity index (χ3v) is 3.24. The zero-order valence-corrected chi connectivity index (χ0v) is 12.5. The van der Waals surface area contributed by atoms with Crippen molar-refractivity contribution in [1.29, 1.82) is 0 Å². The van der Waals surface area contributed by atoms with Crippen molar-refractivity contribution in [3.63, 3.8) is 0 Å². The van der Waals surface area contributed by atoms with Gasteiger partial charge in [-0.25, -0.2) is 4.79 Å². The van der Waals surface area contributed by atoms with Crippen LogP contribution < -0.4 is 4.74 Å². The Morgan fingerprint density at radius 1 is 1.29 bits per heavy atom. The lowest BCUT2D eigenvalue weighted by molar-refractivity contribution is 0.0696. The van der Waals surface area contributed by atoms with Crippen LogP contribution in [0.4, 0.5) is 0 Å². The molecule has 0 spiro atoms. The van der Waals surface area contributed by atoms with Crippen LogP contribution >= 0.6 is 0 Å². The van der Waals surface area contributed by atoms with E-state index < -0.39 is 5.97 Å². The number of hydrogen-bond donors (Lipinski definition) is 1. The van der Waals surface area contributed by atoms with E-state index >= 15 is 0 Å². The van der Waals surface area contributed by atoms with Crippen molar-refractivity contribution >= 4 is 5.97 Å². The molecule has 1 N–H and O–H groups in total. The molecule has 0 aliphatic carbocycles. The van der Waals surface area contributed by atoms with Gasteiger partial charge in [0.05, 0.1) is 11.3 Å². The largest absolute Gasteiger partial charge is 0.487 e. The minimum Gasteiger partial charge on any atom is -0.487 e. The molecule has 1 aromatic heterocycles. The van der Waals surface area contributed by atoms with E-state index in [1.54, 1.807) is 6.07 Å². The van der Waals surface area contributed by atoms with Gasteiger partial charge in [0, 0.05) is 6.20 Å². The van der Waals surface area contributed by atoms with Gasteiger partial charge >= 0.3 is 5.97 Å². The van der Waals surface area contributed by atoms with Gasteiger partial charge in [0.25, 0.3) is 0 Å². The summed E-state index contributed by atoms with van der Waals surface area (Å²) in [5.74, 6) is 0.257. The Morgan fingerprint density at radius 3 is 2.62 bits per heavy atom. The molecule has 4 heteroatoms. The van der Waals surface area contributed by atoms with Crippen LogP contribution in [0.1, 0.15) is 46.9 Å². The summed E-state index contributed by atoms with van der Waals surface area (Å²) < 4.78 is 5.86. The zero-order chi connectivity index (χ0) is 15.4. The SMILES string of the molecule is Cc1ccc(C(C)C)c(OCc2ccc(C(=O)O)cn2)c1. The molecule has 4 nitrogen and oxygen atoms in total. The van der Waals surface area contributed by atoms with Crippen LogP contribution in [0.2, 0.25) is 0 Å². The van der Waals surface area contributed by atoms with Crippen molar-refractivity contribution in [2.24, 2.45) is 0 Å². The number of benzene rings is 1. The fraction of sp³-hybridized carbons (Fsp3) is 0.294. The number of nitrogens with zero attached hydrogens (tertiary/aromatic N) is 1. The molecule has 0 fully saturated rings. The Morgan fingerprint density at radius 2 is 2.05 bits per heavy atom. The highest BCUT2D eigenvalue weighted by molar-refractivity contribution is 5.87. The average molecular weight is 285 g/mol. The minimum absolute atomic E-state index is 0.178. The van der Waals surface area contributed by atoms with Crippen LogP contribution in [0.5, 0.6) is 5.75 Å². The summed E-state index contributed by atoms with van der Waals surface area (Å²) in [6.07, 6.45) is 1.35. The van der Waals surface area contributed by atoms with Gasteiger partial charge in [-0.1, -0.05) is 26.0 Å². The molecule has 1 aromatic carbocycles. The number of carboxylic acid groups (broad SMARTS) is 1. The molecule has 0 radical (unpaired) electrons. The number of pyridine rings is 1. The highest BCUT2D eigenvalue weighted by Gasteiger charge is 2.09. The molecule has 0 aliphatic rings. The quantitative estimate of drug-likeness (QED) is 0.908. The van der Waals surface area contributed by atoms with E-state index in [2.05, 4.69) is 31.0 Å². The van der Waals surface area contributed by atoms with E-state index in [0.29, 0.717) is 18.2 Å². The topological polar surface area (TPSA) is 59.4 Å². The lowest BCUT2D eigenvalue weighted by atomic mass is 10.0. The second-order valence-corrected chi connectivity index (χ2v) is 5.33. The van der Waals surface area contributed by atoms with Crippen molar-refractivity contribution in [2.75, 3.05) is 0 Å². The first-order valence-electron chi connectivity index (χ1n) is 6.89. The Labute approximate surface area is 124 Å². The smallest absolute Gasteiger partial charge is 0.337 e. The molecule has 0 bridgehead atoms. The number of aromatic carboxylic acids is 1. The number of rotatable bonds is 5. The van der Waals surface area contributed by atoms with Crippen molar-refractivity contribution < 1.29 is 14.6 Å². The predicted molar refractivity (Wildman–Crippen MR) is 80.8 cm³/mol. The highest BCUT2D eigenvalue weighted by atomic mass is 16.5. The molecule has 21 heavy (non-hydrogen) atoms. The predicted octanol–water partition coefficient (Wildman–Crippen LogP) is 3.79. The molecule has 110 valence electrons. The Hall–Kier alpha value is -2.36. The van der Waals surface area contributed by atoms with Gasteiger partial charge < -0.3 is 9.84 Å². The number of carboxylic acids is 1. The van der Waals surface area contributed by atoms with Gasteiger partial charge in [0.15, 0.2) is 0 Å². The lowest BCUT2D eigenvalue weighted by Crippen LogP contribution is -2.03. The standard InChI is InChI=1S/C17H19NO3/c1-11(2)15-7-4-12(3)8-16(15)21-10-14-6-5-13(9-18-14)17(19)20/h4-9,11H,10H2,1-3H3,(H,19,20). The van der Waals surface area contributed by atoms with E-state index in [1.807, 2.05) is 13.0 Å². The van der Waals surface area contributed by atoms with Crippen molar-refractivity contribution in [2.45, 2.75) is 33.3 Å². The van der Waals surface area contributed by atoms with Crippen molar-refractivity contribution in [3.8, 4) is 5.75 Å². The minimum atomic E-state index is -0.976. The summed E-state index contributed by atoms with van der Waals surface area (Å²) in [5.41, 5.74) is 3.18. The molecular formula is C17H19NO3. The molecule has 2 rings (SSSR count). The summed E-state index contributed by atoms with van der Waals surface area (Å²) >= 11 is 0. The summed E-state index contributed by atoms with van der Waals surface area (Å²) in [5, 5.41) is 8.84. The summed E-state index contributed by atoms with van der Waals surface area (Å²) in [6.45, 7) is 6.59. The Kier molecular flexibility index (Phi) is 4.58. The number of hydrogen-bond acceptors (Lipinski definition) is 3. The van der Waals surface area contributed by atoms with E-state index in [9.17, 15) is 4.79 Å². The molecule has 0 unspecified atom stereocenters. The van der Waals surface area contributed by atoms with Crippen LogP contribution in [0.3, 0.4) is 0 Å². The lowest BCUT2D eigenvalue weighted by Gasteiger charge is -2.14. The summed E-state index contributed by atoms with van der Waals surface area (Å²) in [7, 11) is 0. The van der Waals surface area contributed by atoms with Crippen LogP contribution in [0, 0.1) is 6.92 Å². The second-order valence-electron chi connectivity index (χ2n) is 5.33. The van der Waals surface area contributed by atoms with E-state index in [-0.39, 0.29) is 5.56 Å². The van der Waals surface area contributed by atoms with Gasteiger partial charge in [-0.2, -0.15) is 0 Å². The van der Waals surface area contributed by atoms with Crippen LogP contribution in [-0.2, 0) is 6.61 Å². The third-order valence-electron chi connectivity index (χ3n) is 3.24. The van der Waals surface area contributed by atoms with Gasteiger partial charge in [-0.15, -0.1) is 0 Å². The summed E-state index contributed by atoms with van der Waals surface area (Å²) in [4.78, 5) is 14.9. The number of ether oxygens (including phenoxy) is 1. The second kappa shape index (κ2) is 6.39. The molecular weight excluding hydrogens is 266 g/mol. The van der Waals surface area contributed by atoms with Crippen LogP contribution in [0.25, 0.3) is 0 Å². The van der Waals surface area contributed by atoms with E-state index in [0.717, 1.165) is 16.9 Å². The zero-order valence-electron chi connectivity index (χ0n) is 12.5. The summed E-state index contributed by atoms with van der Waals surface area (Å²) in [6, 6.07) is 9.38. The maximum atomic E-state index is 10.8. The van der Waals surface area contributed by atoms with Crippen LogP contribution in [-0.4, -0.2) is 16.1 Å². The van der Waals surface area contributed by atoms with Gasteiger partial charge in [0.2, 0.25) is 0 Å².